The number of likely N-dealkylation sites (tertiary alicyclic amines) is 1. The minimum Gasteiger partial charge on any atom is -0.531 e. The zero-order chi connectivity index (χ0) is 20.1. The molecule has 2 aromatic heterocycles. The number of amides is 1. The summed E-state index contributed by atoms with van der Waals surface area (Å²) < 4.78 is 11.2. The molecule has 0 spiro atoms. The molecule has 0 aromatic carbocycles. The van der Waals surface area contributed by atoms with Gasteiger partial charge in [0.05, 0.1) is 6.20 Å². The van der Waals surface area contributed by atoms with Gasteiger partial charge in [-0.2, -0.15) is 0 Å². The lowest BCUT2D eigenvalue weighted by atomic mass is 9.72. The van der Waals surface area contributed by atoms with Gasteiger partial charge in [-0.15, -0.1) is 0 Å². The Morgan fingerprint density at radius 1 is 1.46 bits per heavy atom. The monoisotopic (exact) mass is 383 g/mol. The fourth-order valence-electron chi connectivity index (χ4n) is 4.05. The third kappa shape index (κ3) is 3.48. The van der Waals surface area contributed by atoms with Gasteiger partial charge in [-0.25, -0.2) is 9.78 Å². The number of hydrogen-bond acceptors (Lipinski definition) is 5. The first-order valence-electron chi connectivity index (χ1n) is 9.74. The lowest BCUT2D eigenvalue weighted by Crippen LogP contribution is -2.46. The Hall–Kier alpha value is -2.48. The smallest absolute Gasteiger partial charge is 0.531 e. The highest BCUT2D eigenvalue weighted by molar-refractivity contribution is 6.52. The third-order valence-electron chi connectivity index (χ3n) is 5.42. The Kier molecular flexibility index (Phi) is 4.61. The van der Waals surface area contributed by atoms with Gasteiger partial charge >= 0.3 is 13.2 Å². The first kappa shape index (κ1) is 18.9. The average Bonchev–Trinajstić information content (AvgIpc) is 3.08. The molecule has 148 valence electrons. The number of H-pyrrole nitrogens is 1. The molecule has 0 radical (unpaired) electrons. The Balaban J connectivity index is 1.69. The first-order chi connectivity index (χ1) is 13.2. The van der Waals surface area contributed by atoms with E-state index < -0.39 is 12.7 Å². The predicted molar refractivity (Wildman–Crippen MR) is 108 cm³/mol. The van der Waals surface area contributed by atoms with Crippen molar-refractivity contribution in [3.8, 4) is 5.75 Å². The Labute approximate surface area is 164 Å². The van der Waals surface area contributed by atoms with Crippen molar-refractivity contribution >= 4 is 29.8 Å². The van der Waals surface area contributed by atoms with Crippen LogP contribution < -0.4 is 4.65 Å². The van der Waals surface area contributed by atoms with Crippen molar-refractivity contribution in [2.45, 2.75) is 39.7 Å². The minimum atomic E-state index is -1.02. The summed E-state index contributed by atoms with van der Waals surface area (Å²) in [6.45, 7) is 9.02. The summed E-state index contributed by atoms with van der Waals surface area (Å²) in [5, 5.41) is 11.2. The number of fused-ring (bicyclic) bond motifs is 3. The van der Waals surface area contributed by atoms with Crippen LogP contribution in [0.1, 0.15) is 39.7 Å². The second-order valence-corrected chi connectivity index (χ2v) is 8.67. The van der Waals surface area contributed by atoms with Crippen molar-refractivity contribution in [2.24, 2.45) is 11.8 Å². The molecule has 0 aliphatic carbocycles. The van der Waals surface area contributed by atoms with E-state index in [1.165, 1.54) is 0 Å². The van der Waals surface area contributed by atoms with Crippen molar-refractivity contribution in [2.75, 3.05) is 13.1 Å². The van der Waals surface area contributed by atoms with Crippen LogP contribution in [0.25, 0.3) is 16.6 Å². The number of piperidine rings is 1. The predicted octanol–water partition coefficient (Wildman–Crippen LogP) is 3.25. The van der Waals surface area contributed by atoms with Gasteiger partial charge in [0, 0.05) is 36.2 Å². The second kappa shape index (κ2) is 6.85. The summed E-state index contributed by atoms with van der Waals surface area (Å²) in [4.78, 5) is 21.9. The molecule has 0 saturated carbocycles. The molecule has 2 N–H and O–H groups in total. The van der Waals surface area contributed by atoms with E-state index >= 15 is 0 Å². The molecule has 1 unspecified atom stereocenters. The van der Waals surface area contributed by atoms with E-state index in [0.717, 1.165) is 28.6 Å². The molecule has 4 heterocycles. The number of nitrogens with zero attached hydrogens (tertiary/aromatic N) is 2. The van der Waals surface area contributed by atoms with Crippen LogP contribution in [0, 0.1) is 11.8 Å². The number of aromatic nitrogens is 2. The zero-order valence-electron chi connectivity index (χ0n) is 16.7. The Morgan fingerprint density at radius 3 is 3.00 bits per heavy atom. The highest BCUT2D eigenvalue weighted by atomic mass is 16.6. The van der Waals surface area contributed by atoms with Gasteiger partial charge in [0.2, 0.25) is 0 Å². The van der Waals surface area contributed by atoms with Gasteiger partial charge in [0.1, 0.15) is 17.0 Å². The van der Waals surface area contributed by atoms with E-state index in [0.29, 0.717) is 24.8 Å². The molecule has 4 rings (SSSR count). The molecule has 1 amide bonds. The number of nitrogens with one attached hydrogen (secondary N) is 1. The molecule has 2 atom stereocenters. The highest BCUT2D eigenvalue weighted by Crippen LogP contribution is 2.43. The molecule has 2 aliphatic heterocycles. The van der Waals surface area contributed by atoms with E-state index in [1.807, 2.05) is 33.0 Å². The van der Waals surface area contributed by atoms with E-state index in [-0.39, 0.29) is 12.0 Å². The number of rotatable bonds is 1. The van der Waals surface area contributed by atoms with Crippen molar-refractivity contribution < 1.29 is 19.2 Å². The molecule has 28 heavy (non-hydrogen) atoms. The maximum absolute atomic E-state index is 12.6. The van der Waals surface area contributed by atoms with Crippen LogP contribution in [0.2, 0.25) is 0 Å². The first-order valence-corrected chi connectivity index (χ1v) is 9.74. The maximum atomic E-state index is 12.6. The largest absolute Gasteiger partial charge is 0.552 e. The molecular formula is C20H26BN3O4. The number of carbonyl (C=O) groups is 1. The molecule has 1 fully saturated rings. The fourth-order valence-corrected chi connectivity index (χ4v) is 4.05. The minimum absolute atomic E-state index is 0.0686. The van der Waals surface area contributed by atoms with Crippen LogP contribution in [0.5, 0.6) is 5.75 Å². The summed E-state index contributed by atoms with van der Waals surface area (Å²) in [5.41, 5.74) is 2.19. The summed E-state index contributed by atoms with van der Waals surface area (Å²) >= 11 is 0. The molecular weight excluding hydrogens is 357 g/mol. The zero-order valence-corrected chi connectivity index (χ0v) is 16.7. The standard InChI is InChI=1S/C20H26BN3O4/c1-12-6-8-24(19(25)27-20(2,3)4)11-15(12)14-9-21(26)28-16-10-23-18-13(17(14)16)5-7-22-18/h5,7,9-10,12,15,26H,6,8,11H2,1-4H3,(H,22,23)/t12-,15?/m0/s1. The number of aromatic amines is 1. The van der Waals surface area contributed by atoms with Gasteiger partial charge in [-0.05, 0) is 50.7 Å². The van der Waals surface area contributed by atoms with Crippen molar-refractivity contribution in [1.29, 1.82) is 0 Å². The molecule has 1 saturated heterocycles. The van der Waals surface area contributed by atoms with Crippen LogP contribution in [-0.2, 0) is 4.74 Å². The average molecular weight is 383 g/mol. The maximum Gasteiger partial charge on any atom is 0.552 e. The van der Waals surface area contributed by atoms with Gasteiger partial charge in [0.25, 0.3) is 0 Å². The van der Waals surface area contributed by atoms with E-state index in [2.05, 4.69) is 16.9 Å². The third-order valence-corrected chi connectivity index (χ3v) is 5.42. The molecule has 2 aromatic rings. The lowest BCUT2D eigenvalue weighted by Gasteiger charge is -2.40. The van der Waals surface area contributed by atoms with Crippen molar-refractivity contribution in [3.05, 3.63) is 30.0 Å². The summed E-state index contributed by atoms with van der Waals surface area (Å²) in [6, 6.07) is 1.97. The SMILES string of the molecule is C[C@H]1CCN(C(=O)OC(C)(C)C)CC1C1=CB(O)Oc2cnc3[nH]ccc3c21. The van der Waals surface area contributed by atoms with E-state index in [9.17, 15) is 9.82 Å². The van der Waals surface area contributed by atoms with Crippen molar-refractivity contribution in [3.63, 3.8) is 0 Å². The quantitative estimate of drug-likeness (QED) is 0.739. The summed E-state index contributed by atoms with van der Waals surface area (Å²) in [6.07, 6.45) is 4.07. The second-order valence-electron chi connectivity index (χ2n) is 8.67. The van der Waals surface area contributed by atoms with E-state index in [1.54, 1.807) is 17.1 Å². The van der Waals surface area contributed by atoms with Gasteiger partial charge in [-0.3, -0.25) is 0 Å². The van der Waals surface area contributed by atoms with E-state index in [4.69, 9.17) is 9.39 Å². The van der Waals surface area contributed by atoms with Crippen LogP contribution in [-0.4, -0.2) is 51.8 Å². The van der Waals surface area contributed by atoms with Crippen LogP contribution in [0.3, 0.4) is 0 Å². The van der Waals surface area contributed by atoms with Crippen molar-refractivity contribution in [1.82, 2.24) is 14.9 Å². The summed E-state index contributed by atoms with van der Waals surface area (Å²) in [7, 11) is -1.02. The summed E-state index contributed by atoms with van der Waals surface area (Å²) in [5.74, 6) is 2.75. The molecule has 0 bridgehead atoms. The van der Waals surface area contributed by atoms with Crippen LogP contribution in [0.15, 0.2) is 24.4 Å². The number of pyridine rings is 1. The van der Waals surface area contributed by atoms with Gasteiger partial charge in [-0.1, -0.05) is 6.92 Å². The number of ether oxygens (including phenoxy) is 1. The highest BCUT2D eigenvalue weighted by Gasteiger charge is 2.38. The fraction of sp³-hybridized carbons (Fsp3) is 0.500. The molecule has 8 heteroatoms. The number of carbonyl (C=O) groups excluding carboxylic acids is 1. The molecule has 7 nitrogen and oxygen atoms in total. The number of hydrogen-bond donors (Lipinski definition) is 2. The Bertz CT molecular complexity index is 933. The normalized spacial score (nSPS) is 22.5. The lowest BCUT2D eigenvalue weighted by molar-refractivity contribution is 0.0152. The molecule has 2 aliphatic rings. The van der Waals surface area contributed by atoms with Crippen LogP contribution in [0.4, 0.5) is 4.79 Å². The topological polar surface area (TPSA) is 87.7 Å². The Morgan fingerprint density at radius 2 is 2.25 bits per heavy atom. The van der Waals surface area contributed by atoms with Gasteiger partial charge in [0.15, 0.2) is 0 Å². The van der Waals surface area contributed by atoms with Gasteiger partial charge < -0.3 is 24.3 Å². The van der Waals surface area contributed by atoms with Crippen LogP contribution >= 0.6 is 0 Å².